The van der Waals surface area contributed by atoms with Crippen LogP contribution in [0.15, 0.2) is 54.6 Å². The lowest BCUT2D eigenvalue weighted by Crippen LogP contribution is -2.44. The van der Waals surface area contributed by atoms with E-state index in [-0.39, 0.29) is 17.4 Å². The van der Waals surface area contributed by atoms with Crippen molar-refractivity contribution in [3.63, 3.8) is 0 Å². The van der Waals surface area contributed by atoms with Crippen LogP contribution >= 0.6 is 0 Å². The van der Waals surface area contributed by atoms with Gasteiger partial charge in [0.15, 0.2) is 0 Å². The Morgan fingerprint density at radius 2 is 1.67 bits per heavy atom. The summed E-state index contributed by atoms with van der Waals surface area (Å²) in [5.41, 5.74) is 1.90. The first-order valence-corrected chi connectivity index (χ1v) is 10.1. The molecule has 0 unspecified atom stereocenters. The van der Waals surface area contributed by atoms with Crippen LogP contribution in [0, 0.1) is 5.92 Å². The Labute approximate surface area is 163 Å². The molecule has 0 radical (unpaired) electrons. The lowest BCUT2D eigenvalue weighted by molar-refractivity contribution is -0.127. The van der Waals surface area contributed by atoms with Gasteiger partial charge in [0.1, 0.15) is 5.75 Å². The monoisotopic (exact) mass is 365 g/mol. The van der Waals surface area contributed by atoms with Crippen molar-refractivity contribution in [3.05, 3.63) is 65.7 Å². The number of hydrogen-bond acceptors (Lipinski definition) is 2. The van der Waals surface area contributed by atoms with Crippen molar-refractivity contribution in [2.75, 3.05) is 7.11 Å². The Balaban J connectivity index is 1.86. The molecule has 1 N–H and O–H groups in total. The lowest BCUT2D eigenvalue weighted by atomic mass is 9.77. The fraction of sp³-hybridized carbons (Fsp3) is 0.458. The highest BCUT2D eigenvalue weighted by atomic mass is 16.5. The molecule has 0 spiro atoms. The van der Waals surface area contributed by atoms with Gasteiger partial charge in [-0.3, -0.25) is 4.79 Å². The number of rotatable bonds is 7. The van der Waals surface area contributed by atoms with Crippen molar-refractivity contribution in [2.24, 2.45) is 5.92 Å². The summed E-state index contributed by atoms with van der Waals surface area (Å²) in [6.07, 6.45) is 5.00. The zero-order valence-corrected chi connectivity index (χ0v) is 16.7. The van der Waals surface area contributed by atoms with Crippen LogP contribution in [0.4, 0.5) is 0 Å². The topological polar surface area (TPSA) is 38.3 Å². The molecule has 0 heterocycles. The standard InChI is InChI=1S/C24H31NO2/c1-18(2)17-22(19-11-13-21(27-3)14-12-19)25-23(26)24(15-7-8-16-24)20-9-5-4-6-10-20/h4-6,9-14,18,22H,7-8,15-17H2,1-3H3,(H,25,26)/t22-/m0/s1. The molecular weight excluding hydrogens is 334 g/mol. The predicted octanol–water partition coefficient (Wildman–Crippen LogP) is 5.41. The summed E-state index contributed by atoms with van der Waals surface area (Å²) in [7, 11) is 1.67. The van der Waals surface area contributed by atoms with E-state index < -0.39 is 0 Å². The van der Waals surface area contributed by atoms with Crippen LogP contribution < -0.4 is 10.1 Å². The average molecular weight is 366 g/mol. The normalized spacial score (nSPS) is 16.9. The number of nitrogens with one attached hydrogen (secondary N) is 1. The molecule has 1 aliphatic rings. The maximum Gasteiger partial charge on any atom is 0.231 e. The quantitative estimate of drug-likeness (QED) is 0.712. The molecule has 0 aromatic heterocycles. The molecule has 0 saturated heterocycles. The Bertz CT molecular complexity index is 731. The molecule has 1 saturated carbocycles. The van der Waals surface area contributed by atoms with E-state index in [1.54, 1.807) is 7.11 Å². The highest BCUT2D eigenvalue weighted by Crippen LogP contribution is 2.42. The summed E-state index contributed by atoms with van der Waals surface area (Å²) >= 11 is 0. The van der Waals surface area contributed by atoms with Crippen molar-refractivity contribution in [2.45, 2.75) is 57.4 Å². The van der Waals surface area contributed by atoms with Gasteiger partial charge in [-0.1, -0.05) is 69.2 Å². The highest BCUT2D eigenvalue weighted by Gasteiger charge is 2.43. The lowest BCUT2D eigenvalue weighted by Gasteiger charge is -2.32. The van der Waals surface area contributed by atoms with E-state index in [9.17, 15) is 4.79 Å². The molecule has 0 aliphatic heterocycles. The molecule has 144 valence electrons. The van der Waals surface area contributed by atoms with Gasteiger partial charge in [-0.2, -0.15) is 0 Å². The van der Waals surface area contributed by atoms with Crippen LogP contribution in [0.2, 0.25) is 0 Å². The second-order valence-corrected chi connectivity index (χ2v) is 8.08. The van der Waals surface area contributed by atoms with E-state index in [1.165, 1.54) is 0 Å². The van der Waals surface area contributed by atoms with E-state index in [4.69, 9.17) is 4.74 Å². The summed E-state index contributed by atoms with van der Waals surface area (Å²) in [5.74, 6) is 1.51. The minimum atomic E-state index is -0.386. The van der Waals surface area contributed by atoms with Crippen molar-refractivity contribution in [1.29, 1.82) is 0 Å². The molecular formula is C24H31NO2. The highest BCUT2D eigenvalue weighted by molar-refractivity contribution is 5.89. The summed E-state index contributed by atoms with van der Waals surface area (Å²) < 4.78 is 5.28. The van der Waals surface area contributed by atoms with Gasteiger partial charge in [-0.25, -0.2) is 0 Å². The van der Waals surface area contributed by atoms with Crippen LogP contribution in [0.1, 0.15) is 63.1 Å². The zero-order valence-electron chi connectivity index (χ0n) is 16.7. The third-order valence-electron chi connectivity index (χ3n) is 5.75. The maximum absolute atomic E-state index is 13.5. The average Bonchev–Trinajstić information content (AvgIpc) is 3.19. The molecule has 1 amide bonds. The zero-order chi connectivity index (χ0) is 19.3. The summed E-state index contributed by atoms with van der Waals surface area (Å²) in [6.45, 7) is 4.40. The number of amides is 1. The minimum Gasteiger partial charge on any atom is -0.497 e. The van der Waals surface area contributed by atoms with Crippen LogP contribution in [0.25, 0.3) is 0 Å². The first kappa shape index (κ1) is 19.5. The van der Waals surface area contributed by atoms with Gasteiger partial charge < -0.3 is 10.1 Å². The Kier molecular flexibility index (Phi) is 6.20. The fourth-order valence-corrected chi connectivity index (χ4v) is 4.26. The molecule has 3 rings (SSSR count). The number of hydrogen-bond donors (Lipinski definition) is 1. The predicted molar refractivity (Wildman–Crippen MR) is 110 cm³/mol. The molecule has 3 heteroatoms. The molecule has 1 atom stereocenters. The van der Waals surface area contributed by atoms with Crippen molar-refractivity contribution in [1.82, 2.24) is 5.32 Å². The molecule has 2 aromatic rings. The third-order valence-corrected chi connectivity index (χ3v) is 5.75. The second-order valence-electron chi connectivity index (χ2n) is 8.08. The van der Waals surface area contributed by atoms with E-state index in [1.807, 2.05) is 30.3 Å². The Morgan fingerprint density at radius 1 is 1.04 bits per heavy atom. The molecule has 1 aliphatic carbocycles. The smallest absolute Gasteiger partial charge is 0.231 e. The maximum atomic E-state index is 13.5. The van der Waals surface area contributed by atoms with Gasteiger partial charge in [0.2, 0.25) is 5.91 Å². The van der Waals surface area contributed by atoms with E-state index in [0.717, 1.165) is 49.0 Å². The molecule has 3 nitrogen and oxygen atoms in total. The second kappa shape index (κ2) is 8.60. The Morgan fingerprint density at radius 3 is 2.22 bits per heavy atom. The van der Waals surface area contributed by atoms with Gasteiger partial charge in [0, 0.05) is 0 Å². The van der Waals surface area contributed by atoms with Gasteiger partial charge in [0.25, 0.3) is 0 Å². The van der Waals surface area contributed by atoms with E-state index >= 15 is 0 Å². The van der Waals surface area contributed by atoms with Crippen LogP contribution in [-0.4, -0.2) is 13.0 Å². The Hall–Kier alpha value is -2.29. The number of methoxy groups -OCH3 is 1. The van der Waals surface area contributed by atoms with Crippen LogP contribution in [0.5, 0.6) is 5.75 Å². The molecule has 2 aromatic carbocycles. The van der Waals surface area contributed by atoms with Crippen LogP contribution in [-0.2, 0) is 10.2 Å². The van der Waals surface area contributed by atoms with E-state index in [0.29, 0.717) is 5.92 Å². The first-order chi connectivity index (χ1) is 13.0. The summed E-state index contributed by atoms with van der Waals surface area (Å²) in [6, 6.07) is 18.4. The van der Waals surface area contributed by atoms with Crippen molar-refractivity contribution in [3.8, 4) is 5.75 Å². The molecule has 1 fully saturated rings. The summed E-state index contributed by atoms with van der Waals surface area (Å²) in [4.78, 5) is 13.5. The third kappa shape index (κ3) is 4.35. The van der Waals surface area contributed by atoms with Gasteiger partial charge in [-0.05, 0) is 48.4 Å². The van der Waals surface area contributed by atoms with Gasteiger partial charge in [-0.15, -0.1) is 0 Å². The number of ether oxygens (including phenoxy) is 1. The van der Waals surface area contributed by atoms with Crippen molar-refractivity contribution < 1.29 is 9.53 Å². The molecule has 0 bridgehead atoms. The van der Waals surface area contributed by atoms with Crippen LogP contribution in [0.3, 0.4) is 0 Å². The van der Waals surface area contributed by atoms with Crippen molar-refractivity contribution >= 4 is 5.91 Å². The number of carbonyl (C=O) groups is 1. The fourth-order valence-electron chi connectivity index (χ4n) is 4.26. The van der Waals surface area contributed by atoms with E-state index in [2.05, 4.69) is 43.4 Å². The minimum absolute atomic E-state index is 0.0181. The SMILES string of the molecule is COc1ccc([C@H](CC(C)C)NC(=O)C2(c3ccccc3)CCCC2)cc1. The van der Waals surface area contributed by atoms with Gasteiger partial charge in [0.05, 0.1) is 18.6 Å². The largest absolute Gasteiger partial charge is 0.497 e. The first-order valence-electron chi connectivity index (χ1n) is 10.1. The number of carbonyl (C=O) groups excluding carboxylic acids is 1. The molecule has 27 heavy (non-hydrogen) atoms. The number of benzene rings is 2. The van der Waals surface area contributed by atoms with Gasteiger partial charge >= 0.3 is 0 Å². The summed E-state index contributed by atoms with van der Waals surface area (Å²) in [5, 5.41) is 3.40.